The van der Waals surface area contributed by atoms with Crippen molar-refractivity contribution in [3.63, 3.8) is 0 Å². The summed E-state index contributed by atoms with van der Waals surface area (Å²) in [6, 6.07) is 0. The first kappa shape index (κ1) is 15.7. The third-order valence-electron chi connectivity index (χ3n) is 3.14. The van der Waals surface area contributed by atoms with Crippen LogP contribution < -0.4 is 5.32 Å². The minimum atomic E-state index is -0.743. The van der Waals surface area contributed by atoms with Crippen molar-refractivity contribution in [2.24, 2.45) is 11.8 Å². The predicted octanol–water partition coefficient (Wildman–Crippen LogP) is 2.08. The van der Waals surface area contributed by atoms with Gasteiger partial charge in [-0.05, 0) is 26.7 Å². The van der Waals surface area contributed by atoms with Crippen LogP contribution in [0.2, 0.25) is 0 Å². The van der Waals surface area contributed by atoms with E-state index in [0.717, 1.165) is 5.56 Å². The van der Waals surface area contributed by atoms with Crippen LogP contribution in [0.4, 0.5) is 0 Å². The van der Waals surface area contributed by atoms with Crippen molar-refractivity contribution in [3.05, 3.63) is 18.0 Å². The predicted molar refractivity (Wildman–Crippen MR) is 74.9 cm³/mol. The van der Waals surface area contributed by atoms with Gasteiger partial charge in [0.05, 0.1) is 17.7 Å². The lowest BCUT2D eigenvalue weighted by Crippen LogP contribution is -2.31. The molecule has 1 atom stereocenters. The number of hydrogen-bond donors (Lipinski definition) is 2. The maximum absolute atomic E-state index is 11.1. The van der Waals surface area contributed by atoms with Crippen LogP contribution in [0.5, 0.6) is 0 Å². The van der Waals surface area contributed by atoms with Crippen LogP contribution in [0, 0.1) is 11.8 Å². The molecule has 5 nitrogen and oxygen atoms in total. The minimum Gasteiger partial charge on any atom is -0.481 e. The molecule has 0 saturated carbocycles. The third-order valence-corrected chi connectivity index (χ3v) is 3.14. The first-order valence-electron chi connectivity index (χ1n) is 6.69. The summed E-state index contributed by atoms with van der Waals surface area (Å²) in [6.45, 7) is 11.3. The summed E-state index contributed by atoms with van der Waals surface area (Å²) >= 11 is 0. The van der Waals surface area contributed by atoms with Gasteiger partial charge < -0.3 is 10.4 Å². The van der Waals surface area contributed by atoms with E-state index in [1.165, 1.54) is 0 Å². The molecule has 108 valence electrons. The zero-order chi connectivity index (χ0) is 14.6. The van der Waals surface area contributed by atoms with Crippen LogP contribution in [0.3, 0.4) is 0 Å². The van der Waals surface area contributed by atoms with Gasteiger partial charge in [0, 0.05) is 24.8 Å². The van der Waals surface area contributed by atoms with Crippen molar-refractivity contribution in [1.82, 2.24) is 15.1 Å². The van der Waals surface area contributed by atoms with E-state index in [0.29, 0.717) is 13.1 Å². The van der Waals surface area contributed by atoms with Crippen LogP contribution >= 0.6 is 0 Å². The maximum atomic E-state index is 11.1. The maximum Gasteiger partial charge on any atom is 0.308 e. The van der Waals surface area contributed by atoms with Crippen molar-refractivity contribution in [2.75, 3.05) is 6.54 Å². The summed E-state index contributed by atoms with van der Waals surface area (Å²) in [5.41, 5.74) is 1.04. The number of carbonyl (C=O) groups is 1. The van der Waals surface area contributed by atoms with Crippen LogP contribution in [0.25, 0.3) is 0 Å². The van der Waals surface area contributed by atoms with E-state index in [4.69, 9.17) is 5.11 Å². The summed E-state index contributed by atoms with van der Waals surface area (Å²) in [6.07, 6.45) is 3.82. The topological polar surface area (TPSA) is 67.2 Å². The Morgan fingerprint density at radius 3 is 2.53 bits per heavy atom. The van der Waals surface area contributed by atoms with Gasteiger partial charge in [0.25, 0.3) is 0 Å². The molecule has 0 saturated heterocycles. The first-order chi connectivity index (χ1) is 8.71. The van der Waals surface area contributed by atoms with Gasteiger partial charge in [0.1, 0.15) is 0 Å². The number of nitrogens with zero attached hydrogens (tertiary/aromatic N) is 2. The molecule has 0 fully saturated rings. The van der Waals surface area contributed by atoms with E-state index >= 15 is 0 Å². The van der Waals surface area contributed by atoms with Crippen molar-refractivity contribution in [3.8, 4) is 0 Å². The standard InChI is InChI=1S/C14H25N3O2/c1-10(2)12(13(18)19)8-15-6-11-7-16-17(9-11)14(3,4)5/h7,9-10,12,15H,6,8H2,1-5H3,(H,18,19). The molecule has 1 heterocycles. The number of carboxylic acids is 1. The fourth-order valence-electron chi connectivity index (χ4n) is 1.80. The highest BCUT2D eigenvalue weighted by atomic mass is 16.4. The Morgan fingerprint density at radius 1 is 1.47 bits per heavy atom. The summed E-state index contributed by atoms with van der Waals surface area (Å²) in [4.78, 5) is 11.1. The molecule has 5 heteroatoms. The second kappa shape index (κ2) is 6.19. The van der Waals surface area contributed by atoms with Gasteiger partial charge in [-0.15, -0.1) is 0 Å². The summed E-state index contributed by atoms with van der Waals surface area (Å²) in [5.74, 6) is -0.965. The number of nitrogens with one attached hydrogen (secondary N) is 1. The van der Waals surface area contributed by atoms with Crippen LogP contribution in [-0.2, 0) is 16.9 Å². The Labute approximate surface area is 115 Å². The smallest absolute Gasteiger partial charge is 0.308 e. The largest absolute Gasteiger partial charge is 0.481 e. The van der Waals surface area contributed by atoms with Gasteiger partial charge in [-0.1, -0.05) is 13.8 Å². The molecule has 0 amide bonds. The van der Waals surface area contributed by atoms with E-state index in [2.05, 4.69) is 31.2 Å². The number of rotatable bonds is 6. The van der Waals surface area contributed by atoms with E-state index < -0.39 is 5.97 Å². The molecule has 19 heavy (non-hydrogen) atoms. The lowest BCUT2D eigenvalue weighted by atomic mass is 9.96. The number of carboxylic acid groups (broad SMARTS) is 1. The Bertz CT molecular complexity index is 419. The Morgan fingerprint density at radius 2 is 2.11 bits per heavy atom. The zero-order valence-electron chi connectivity index (χ0n) is 12.5. The molecular weight excluding hydrogens is 242 g/mol. The first-order valence-corrected chi connectivity index (χ1v) is 6.69. The molecule has 0 spiro atoms. The van der Waals surface area contributed by atoms with Gasteiger partial charge >= 0.3 is 5.97 Å². The van der Waals surface area contributed by atoms with Gasteiger partial charge in [0.15, 0.2) is 0 Å². The third kappa shape index (κ3) is 4.67. The minimum absolute atomic E-state index is 0.0280. The van der Waals surface area contributed by atoms with Crippen molar-refractivity contribution >= 4 is 5.97 Å². The SMILES string of the molecule is CC(C)C(CNCc1cnn(C(C)(C)C)c1)C(=O)O. The number of aromatic nitrogens is 2. The number of hydrogen-bond acceptors (Lipinski definition) is 3. The Hall–Kier alpha value is -1.36. The molecule has 0 radical (unpaired) electrons. The molecule has 2 N–H and O–H groups in total. The Kier molecular flexibility index (Phi) is 5.11. The molecule has 1 aromatic heterocycles. The molecule has 0 aromatic carbocycles. The van der Waals surface area contributed by atoms with E-state index in [1.54, 1.807) is 0 Å². The van der Waals surface area contributed by atoms with E-state index in [-0.39, 0.29) is 17.4 Å². The van der Waals surface area contributed by atoms with Crippen molar-refractivity contribution in [2.45, 2.75) is 46.7 Å². The summed E-state index contributed by atoms with van der Waals surface area (Å²) < 4.78 is 1.92. The molecule has 0 aliphatic heterocycles. The fourth-order valence-corrected chi connectivity index (χ4v) is 1.80. The average Bonchev–Trinajstić information content (AvgIpc) is 2.71. The van der Waals surface area contributed by atoms with Crippen molar-refractivity contribution < 1.29 is 9.90 Å². The molecule has 1 aromatic rings. The number of aliphatic carboxylic acids is 1. The van der Waals surface area contributed by atoms with Crippen LogP contribution in [0.1, 0.15) is 40.2 Å². The van der Waals surface area contributed by atoms with E-state index in [1.807, 2.05) is 30.9 Å². The fraction of sp³-hybridized carbons (Fsp3) is 0.714. The normalized spacial score (nSPS) is 13.8. The molecule has 0 aliphatic rings. The lowest BCUT2D eigenvalue weighted by molar-refractivity contribution is -0.143. The molecule has 0 bridgehead atoms. The molecule has 1 rings (SSSR count). The summed E-state index contributed by atoms with van der Waals surface area (Å²) in [5, 5.41) is 16.6. The molecular formula is C14H25N3O2. The highest BCUT2D eigenvalue weighted by Gasteiger charge is 2.21. The van der Waals surface area contributed by atoms with Gasteiger partial charge in [-0.25, -0.2) is 0 Å². The average molecular weight is 267 g/mol. The van der Waals surface area contributed by atoms with Crippen LogP contribution in [0.15, 0.2) is 12.4 Å². The van der Waals surface area contributed by atoms with Gasteiger partial charge in [-0.2, -0.15) is 5.10 Å². The van der Waals surface area contributed by atoms with Gasteiger partial charge in [0.2, 0.25) is 0 Å². The van der Waals surface area contributed by atoms with Gasteiger partial charge in [-0.3, -0.25) is 9.48 Å². The molecule has 0 aliphatic carbocycles. The highest BCUT2D eigenvalue weighted by molar-refractivity contribution is 5.70. The monoisotopic (exact) mass is 267 g/mol. The van der Waals surface area contributed by atoms with Crippen LogP contribution in [-0.4, -0.2) is 27.4 Å². The van der Waals surface area contributed by atoms with Crippen molar-refractivity contribution in [1.29, 1.82) is 0 Å². The second-order valence-electron chi connectivity index (χ2n) is 6.28. The zero-order valence-corrected chi connectivity index (χ0v) is 12.5. The Balaban J connectivity index is 2.49. The highest BCUT2D eigenvalue weighted by Crippen LogP contribution is 2.13. The quantitative estimate of drug-likeness (QED) is 0.828. The van der Waals surface area contributed by atoms with E-state index in [9.17, 15) is 4.79 Å². The molecule has 1 unspecified atom stereocenters. The second-order valence-corrected chi connectivity index (χ2v) is 6.28. The lowest BCUT2D eigenvalue weighted by Gasteiger charge is -2.19. The summed E-state index contributed by atoms with van der Waals surface area (Å²) in [7, 11) is 0.